The lowest BCUT2D eigenvalue weighted by molar-refractivity contribution is 0.103. The molecule has 3 N–H and O–H groups in total. The summed E-state index contributed by atoms with van der Waals surface area (Å²) in [6, 6.07) is -0.156. The second-order valence-corrected chi connectivity index (χ2v) is 4.68. The number of hydrogen-bond donors (Lipinski definition) is 3. The minimum Gasteiger partial charge on any atom is -0.391 e. The molecule has 0 saturated heterocycles. The van der Waals surface area contributed by atoms with E-state index in [1.54, 1.807) is 0 Å². The second kappa shape index (κ2) is 6.74. The van der Waals surface area contributed by atoms with Crippen molar-refractivity contribution in [1.82, 2.24) is 10.6 Å². The zero-order chi connectivity index (χ0) is 12.0. The molecule has 0 aromatic heterocycles. The molecular formula is C12H24N2O2. The Bertz CT molecular complexity index is 213. The van der Waals surface area contributed by atoms with Crippen molar-refractivity contribution < 1.29 is 9.90 Å². The van der Waals surface area contributed by atoms with E-state index in [0.29, 0.717) is 12.5 Å². The molecule has 94 valence electrons. The molecule has 1 saturated carbocycles. The number of carbonyl (C=O) groups excluding carboxylic acids is 1. The molecule has 0 spiro atoms. The van der Waals surface area contributed by atoms with Crippen LogP contribution in [0.2, 0.25) is 0 Å². The van der Waals surface area contributed by atoms with E-state index in [2.05, 4.69) is 24.5 Å². The van der Waals surface area contributed by atoms with Gasteiger partial charge >= 0.3 is 6.03 Å². The first-order valence-corrected chi connectivity index (χ1v) is 6.37. The lowest BCUT2D eigenvalue weighted by atomic mass is 9.97. The molecule has 1 unspecified atom stereocenters. The fraction of sp³-hybridized carbons (Fsp3) is 0.917. The summed E-state index contributed by atoms with van der Waals surface area (Å²) in [5, 5.41) is 15.3. The van der Waals surface area contributed by atoms with Gasteiger partial charge in [0.25, 0.3) is 0 Å². The fourth-order valence-corrected chi connectivity index (χ4v) is 1.82. The van der Waals surface area contributed by atoms with Gasteiger partial charge in [-0.25, -0.2) is 4.79 Å². The van der Waals surface area contributed by atoms with Gasteiger partial charge in [-0.15, -0.1) is 0 Å². The Morgan fingerprint density at radius 3 is 2.44 bits per heavy atom. The molecule has 0 heterocycles. The highest BCUT2D eigenvalue weighted by molar-refractivity contribution is 5.73. The number of rotatable bonds is 7. The third-order valence-corrected chi connectivity index (χ3v) is 3.31. The summed E-state index contributed by atoms with van der Waals surface area (Å²) in [5.41, 5.74) is 0. The third kappa shape index (κ3) is 4.84. The van der Waals surface area contributed by atoms with Crippen LogP contribution in [0.15, 0.2) is 0 Å². The molecule has 0 radical (unpaired) electrons. The van der Waals surface area contributed by atoms with Gasteiger partial charge in [0.2, 0.25) is 0 Å². The number of hydrogen-bond acceptors (Lipinski definition) is 2. The molecule has 0 aromatic carbocycles. The van der Waals surface area contributed by atoms with Gasteiger partial charge in [0, 0.05) is 13.1 Å². The number of carbonyl (C=O) groups is 1. The van der Waals surface area contributed by atoms with E-state index < -0.39 is 6.10 Å². The fourth-order valence-electron chi connectivity index (χ4n) is 1.82. The van der Waals surface area contributed by atoms with Gasteiger partial charge in [-0.2, -0.15) is 0 Å². The number of aliphatic hydroxyl groups is 1. The second-order valence-electron chi connectivity index (χ2n) is 4.68. The number of aliphatic hydroxyl groups excluding tert-OH is 1. The van der Waals surface area contributed by atoms with Crippen molar-refractivity contribution in [2.24, 2.45) is 11.8 Å². The van der Waals surface area contributed by atoms with Crippen LogP contribution in [-0.2, 0) is 0 Å². The first-order chi connectivity index (χ1) is 7.67. The van der Waals surface area contributed by atoms with E-state index >= 15 is 0 Å². The topological polar surface area (TPSA) is 61.4 Å². The van der Waals surface area contributed by atoms with Crippen LogP contribution >= 0.6 is 0 Å². The summed E-state index contributed by atoms with van der Waals surface area (Å²) in [5.74, 6) is 0.971. The highest BCUT2D eigenvalue weighted by atomic mass is 16.3. The molecule has 1 aliphatic carbocycles. The predicted molar refractivity (Wildman–Crippen MR) is 64.2 cm³/mol. The Kier molecular flexibility index (Phi) is 5.60. The Labute approximate surface area is 97.8 Å². The van der Waals surface area contributed by atoms with Crippen LogP contribution in [-0.4, -0.2) is 30.3 Å². The van der Waals surface area contributed by atoms with Crippen LogP contribution in [0.25, 0.3) is 0 Å². The summed E-state index contributed by atoms with van der Waals surface area (Å²) in [4.78, 5) is 11.3. The van der Waals surface area contributed by atoms with Crippen LogP contribution in [0.5, 0.6) is 0 Å². The van der Waals surface area contributed by atoms with E-state index in [9.17, 15) is 9.90 Å². The summed E-state index contributed by atoms with van der Waals surface area (Å²) < 4.78 is 0. The largest absolute Gasteiger partial charge is 0.391 e. The minimum absolute atomic E-state index is 0.156. The third-order valence-electron chi connectivity index (χ3n) is 3.31. The quantitative estimate of drug-likeness (QED) is 0.618. The summed E-state index contributed by atoms with van der Waals surface area (Å²) in [6.07, 6.45) is 3.93. The molecule has 0 bridgehead atoms. The molecular weight excluding hydrogens is 204 g/mol. The highest BCUT2D eigenvalue weighted by Gasteiger charge is 2.22. The standard InChI is InChI=1S/C12H24N2O2/c1-3-10(4-2)11(15)8-14-12(16)13-7-9-5-6-9/h9-11,15H,3-8H2,1-2H3,(H2,13,14,16). The van der Waals surface area contributed by atoms with Crippen molar-refractivity contribution in [1.29, 1.82) is 0 Å². The SMILES string of the molecule is CCC(CC)C(O)CNC(=O)NCC1CC1. The van der Waals surface area contributed by atoms with Crippen LogP contribution in [0, 0.1) is 11.8 Å². The normalized spacial score (nSPS) is 17.2. The van der Waals surface area contributed by atoms with Crippen molar-refractivity contribution >= 4 is 6.03 Å². The monoisotopic (exact) mass is 228 g/mol. The van der Waals surface area contributed by atoms with Crippen molar-refractivity contribution in [3.63, 3.8) is 0 Å². The van der Waals surface area contributed by atoms with Gasteiger partial charge in [-0.1, -0.05) is 26.7 Å². The van der Waals surface area contributed by atoms with Gasteiger partial charge in [-0.3, -0.25) is 0 Å². The van der Waals surface area contributed by atoms with Crippen molar-refractivity contribution in [2.45, 2.75) is 45.6 Å². The Balaban J connectivity index is 2.08. The zero-order valence-electron chi connectivity index (χ0n) is 10.3. The maximum atomic E-state index is 11.3. The van der Waals surface area contributed by atoms with E-state index in [0.717, 1.165) is 19.4 Å². The average molecular weight is 228 g/mol. The van der Waals surface area contributed by atoms with Crippen LogP contribution in [0.1, 0.15) is 39.5 Å². The van der Waals surface area contributed by atoms with E-state index in [-0.39, 0.29) is 11.9 Å². The lowest BCUT2D eigenvalue weighted by Crippen LogP contribution is -2.42. The van der Waals surface area contributed by atoms with Gasteiger partial charge in [-0.05, 0) is 24.7 Å². The van der Waals surface area contributed by atoms with E-state index in [1.165, 1.54) is 12.8 Å². The van der Waals surface area contributed by atoms with Crippen molar-refractivity contribution in [2.75, 3.05) is 13.1 Å². The highest BCUT2D eigenvalue weighted by Crippen LogP contribution is 2.27. The molecule has 16 heavy (non-hydrogen) atoms. The zero-order valence-corrected chi connectivity index (χ0v) is 10.3. The number of urea groups is 1. The van der Waals surface area contributed by atoms with Crippen LogP contribution in [0.4, 0.5) is 4.79 Å². The molecule has 1 aliphatic rings. The smallest absolute Gasteiger partial charge is 0.314 e. The molecule has 1 rings (SSSR count). The molecule has 0 aliphatic heterocycles. The van der Waals surface area contributed by atoms with Gasteiger partial charge in [0.05, 0.1) is 6.10 Å². The number of nitrogens with one attached hydrogen (secondary N) is 2. The lowest BCUT2D eigenvalue weighted by Gasteiger charge is -2.20. The minimum atomic E-state index is -0.429. The molecule has 4 heteroatoms. The van der Waals surface area contributed by atoms with Crippen LogP contribution in [0.3, 0.4) is 0 Å². The molecule has 1 fully saturated rings. The Morgan fingerprint density at radius 2 is 1.94 bits per heavy atom. The van der Waals surface area contributed by atoms with Gasteiger partial charge in [0.15, 0.2) is 0 Å². The predicted octanol–water partition coefficient (Wildman–Crippen LogP) is 1.49. The average Bonchev–Trinajstić information content (AvgIpc) is 3.09. The molecule has 1 atom stereocenters. The van der Waals surface area contributed by atoms with Crippen LogP contribution < -0.4 is 10.6 Å². The molecule has 2 amide bonds. The summed E-state index contributed by atoms with van der Waals surface area (Å²) >= 11 is 0. The Hall–Kier alpha value is -0.770. The summed E-state index contributed by atoms with van der Waals surface area (Å²) in [7, 11) is 0. The maximum Gasteiger partial charge on any atom is 0.314 e. The van der Waals surface area contributed by atoms with E-state index in [4.69, 9.17) is 0 Å². The van der Waals surface area contributed by atoms with Crippen molar-refractivity contribution in [3.05, 3.63) is 0 Å². The maximum absolute atomic E-state index is 11.3. The molecule has 4 nitrogen and oxygen atoms in total. The molecule has 0 aromatic rings. The van der Waals surface area contributed by atoms with Gasteiger partial charge in [0.1, 0.15) is 0 Å². The first-order valence-electron chi connectivity index (χ1n) is 6.37. The first kappa shape index (κ1) is 13.3. The summed E-state index contributed by atoms with van der Waals surface area (Å²) in [6.45, 7) is 5.24. The number of amides is 2. The Morgan fingerprint density at radius 1 is 1.31 bits per heavy atom. The van der Waals surface area contributed by atoms with Gasteiger partial charge < -0.3 is 15.7 Å². The van der Waals surface area contributed by atoms with E-state index in [1.807, 2.05) is 0 Å². The van der Waals surface area contributed by atoms with Crippen molar-refractivity contribution in [3.8, 4) is 0 Å².